The Labute approximate surface area is 229 Å². The molecule has 0 aliphatic carbocycles. The number of hydrogen-bond acceptors (Lipinski definition) is 3. The lowest BCUT2D eigenvalue weighted by Gasteiger charge is -2.34. The lowest BCUT2D eigenvalue weighted by molar-refractivity contribution is 0.0631. The van der Waals surface area contributed by atoms with E-state index in [1.165, 1.54) is 28.8 Å². The van der Waals surface area contributed by atoms with Gasteiger partial charge < -0.3 is 4.90 Å². The fraction of sp³-hybridized carbons (Fsp3) is 0.250. The van der Waals surface area contributed by atoms with E-state index in [1.807, 2.05) is 20.8 Å². The molecule has 0 radical (unpaired) electrons. The molecule has 5 nitrogen and oxygen atoms in total. The molecule has 4 aromatic rings. The standard InChI is InChI=1S/C28H25Cl3FN3O2/c1-4-25(34(15-16(2)3)27(36)19-11-9-17(29)13-21(19)30)26-33-24-8-6-5-7-20(24)28(37)35(26)18-10-12-23(32)22(31)14-18/h5-14,16,25H,4,15H2,1-3H3. The summed E-state index contributed by atoms with van der Waals surface area (Å²) in [6, 6.07) is 15.2. The Balaban J connectivity index is 1.98. The van der Waals surface area contributed by atoms with Gasteiger partial charge in [-0.15, -0.1) is 0 Å². The highest BCUT2D eigenvalue weighted by Gasteiger charge is 2.31. The van der Waals surface area contributed by atoms with Crippen molar-refractivity contribution in [3.8, 4) is 5.69 Å². The summed E-state index contributed by atoms with van der Waals surface area (Å²) in [5.41, 5.74) is 0.796. The first-order valence-electron chi connectivity index (χ1n) is 11.9. The molecule has 37 heavy (non-hydrogen) atoms. The van der Waals surface area contributed by atoms with Crippen LogP contribution in [-0.2, 0) is 0 Å². The fourth-order valence-corrected chi connectivity index (χ4v) is 5.02. The lowest BCUT2D eigenvalue weighted by atomic mass is 10.1. The van der Waals surface area contributed by atoms with Crippen LogP contribution in [0.5, 0.6) is 0 Å². The molecule has 0 spiro atoms. The van der Waals surface area contributed by atoms with E-state index in [-0.39, 0.29) is 27.4 Å². The van der Waals surface area contributed by atoms with Gasteiger partial charge in [-0.1, -0.05) is 67.7 Å². The number of rotatable bonds is 7. The zero-order valence-corrected chi connectivity index (χ0v) is 22.8. The molecule has 1 amide bonds. The zero-order chi connectivity index (χ0) is 26.9. The molecule has 9 heteroatoms. The Morgan fingerprint density at radius 3 is 2.41 bits per heavy atom. The molecule has 0 aliphatic heterocycles. The van der Waals surface area contributed by atoms with Crippen molar-refractivity contribution in [2.45, 2.75) is 33.2 Å². The van der Waals surface area contributed by atoms with E-state index in [0.717, 1.165) is 0 Å². The molecule has 0 saturated carbocycles. The number of para-hydroxylation sites is 1. The second kappa shape index (κ2) is 11.2. The second-order valence-corrected chi connectivity index (χ2v) is 10.4. The van der Waals surface area contributed by atoms with Gasteiger partial charge in [0.25, 0.3) is 11.5 Å². The first-order valence-corrected chi connectivity index (χ1v) is 13.0. The summed E-state index contributed by atoms with van der Waals surface area (Å²) in [4.78, 5) is 34.2. The summed E-state index contributed by atoms with van der Waals surface area (Å²) in [5, 5.41) is 0.918. The molecule has 192 valence electrons. The number of aromatic nitrogens is 2. The van der Waals surface area contributed by atoms with Gasteiger partial charge in [-0.2, -0.15) is 0 Å². The van der Waals surface area contributed by atoms with Crippen LogP contribution in [0.1, 0.15) is 49.4 Å². The van der Waals surface area contributed by atoms with Crippen LogP contribution in [0.3, 0.4) is 0 Å². The van der Waals surface area contributed by atoms with E-state index < -0.39 is 11.9 Å². The van der Waals surface area contributed by atoms with Crippen molar-refractivity contribution in [2.24, 2.45) is 5.92 Å². The number of carbonyl (C=O) groups excluding carboxylic acids is 1. The number of carbonyl (C=O) groups is 1. The predicted molar refractivity (Wildman–Crippen MR) is 148 cm³/mol. The van der Waals surface area contributed by atoms with Crippen molar-refractivity contribution in [1.82, 2.24) is 14.5 Å². The minimum atomic E-state index is -0.609. The third-order valence-corrected chi connectivity index (χ3v) is 6.85. The van der Waals surface area contributed by atoms with Crippen LogP contribution in [0, 0.1) is 11.7 Å². The molecule has 1 atom stereocenters. The zero-order valence-electron chi connectivity index (χ0n) is 20.5. The van der Waals surface area contributed by atoms with Crippen LogP contribution < -0.4 is 5.56 Å². The van der Waals surface area contributed by atoms with Gasteiger partial charge in [-0.05, 0) is 60.9 Å². The van der Waals surface area contributed by atoms with Crippen LogP contribution in [0.15, 0.2) is 65.5 Å². The lowest BCUT2D eigenvalue weighted by Crippen LogP contribution is -2.40. The molecule has 0 N–H and O–H groups in total. The van der Waals surface area contributed by atoms with Crippen LogP contribution in [0.2, 0.25) is 15.1 Å². The Hall–Kier alpha value is -2.93. The van der Waals surface area contributed by atoms with Crippen LogP contribution >= 0.6 is 34.8 Å². The molecule has 4 rings (SSSR count). The second-order valence-electron chi connectivity index (χ2n) is 9.13. The van der Waals surface area contributed by atoms with E-state index in [4.69, 9.17) is 39.8 Å². The smallest absolute Gasteiger partial charge is 0.266 e. The fourth-order valence-electron chi connectivity index (χ4n) is 4.35. The van der Waals surface area contributed by atoms with Gasteiger partial charge in [0, 0.05) is 11.6 Å². The molecule has 1 aromatic heterocycles. The highest BCUT2D eigenvalue weighted by Crippen LogP contribution is 2.31. The highest BCUT2D eigenvalue weighted by molar-refractivity contribution is 6.36. The number of amides is 1. The predicted octanol–water partition coefficient (Wildman–Crippen LogP) is 7.73. The topological polar surface area (TPSA) is 55.2 Å². The first-order chi connectivity index (χ1) is 17.6. The number of benzene rings is 3. The Kier molecular flexibility index (Phi) is 8.22. The maximum absolute atomic E-state index is 14.0. The number of halogens is 4. The van der Waals surface area contributed by atoms with Crippen molar-refractivity contribution in [3.05, 3.63) is 103 Å². The summed E-state index contributed by atoms with van der Waals surface area (Å²) in [6.45, 7) is 6.29. The minimum absolute atomic E-state index is 0.102. The molecular weight excluding hydrogens is 536 g/mol. The Morgan fingerprint density at radius 1 is 1.03 bits per heavy atom. The monoisotopic (exact) mass is 559 g/mol. The SMILES string of the molecule is CCC(c1nc2ccccc2c(=O)n1-c1ccc(F)c(Cl)c1)N(CC(C)C)C(=O)c1ccc(Cl)cc1Cl. The highest BCUT2D eigenvalue weighted by atomic mass is 35.5. The molecule has 3 aromatic carbocycles. The summed E-state index contributed by atoms with van der Waals surface area (Å²) in [5.74, 6) is -0.471. The Morgan fingerprint density at radius 2 is 1.76 bits per heavy atom. The molecule has 0 fully saturated rings. The van der Waals surface area contributed by atoms with Gasteiger partial charge in [0.2, 0.25) is 0 Å². The largest absolute Gasteiger partial charge is 0.328 e. The minimum Gasteiger partial charge on any atom is -0.328 e. The maximum Gasteiger partial charge on any atom is 0.266 e. The average molecular weight is 561 g/mol. The van der Waals surface area contributed by atoms with Crippen molar-refractivity contribution in [1.29, 1.82) is 0 Å². The summed E-state index contributed by atoms with van der Waals surface area (Å²) < 4.78 is 15.4. The van der Waals surface area contributed by atoms with Crippen LogP contribution in [0.4, 0.5) is 4.39 Å². The Bertz CT molecular complexity index is 1540. The van der Waals surface area contributed by atoms with Crippen molar-refractivity contribution in [2.75, 3.05) is 6.54 Å². The summed E-state index contributed by atoms with van der Waals surface area (Å²) in [7, 11) is 0. The molecule has 0 aliphatic rings. The van der Waals surface area contributed by atoms with Gasteiger partial charge in [0.05, 0.1) is 38.2 Å². The maximum atomic E-state index is 14.0. The number of hydrogen-bond donors (Lipinski definition) is 0. The summed E-state index contributed by atoms with van der Waals surface area (Å²) in [6.07, 6.45) is 0.448. The molecule has 1 unspecified atom stereocenters. The van der Waals surface area contributed by atoms with Gasteiger partial charge in [-0.3, -0.25) is 14.2 Å². The average Bonchev–Trinajstić information content (AvgIpc) is 2.85. The normalized spacial score (nSPS) is 12.2. The molecular formula is C28H25Cl3FN3O2. The van der Waals surface area contributed by atoms with Crippen molar-refractivity contribution >= 4 is 51.6 Å². The van der Waals surface area contributed by atoms with Gasteiger partial charge >= 0.3 is 0 Å². The van der Waals surface area contributed by atoms with E-state index in [0.29, 0.717) is 46.0 Å². The third kappa shape index (κ3) is 5.52. The quantitative estimate of drug-likeness (QED) is 0.232. The van der Waals surface area contributed by atoms with E-state index >= 15 is 0 Å². The summed E-state index contributed by atoms with van der Waals surface area (Å²) >= 11 is 18.6. The first kappa shape index (κ1) is 27.1. The van der Waals surface area contributed by atoms with Crippen LogP contribution in [0.25, 0.3) is 16.6 Å². The van der Waals surface area contributed by atoms with Crippen molar-refractivity contribution in [3.63, 3.8) is 0 Å². The van der Waals surface area contributed by atoms with Gasteiger partial charge in [-0.25, -0.2) is 9.37 Å². The van der Waals surface area contributed by atoms with Crippen LogP contribution in [-0.4, -0.2) is 26.9 Å². The van der Waals surface area contributed by atoms with Crippen molar-refractivity contribution < 1.29 is 9.18 Å². The molecule has 0 saturated heterocycles. The van der Waals surface area contributed by atoms with Gasteiger partial charge in [0.1, 0.15) is 11.6 Å². The van der Waals surface area contributed by atoms with Gasteiger partial charge in [0.15, 0.2) is 0 Å². The van der Waals surface area contributed by atoms with E-state index in [1.54, 1.807) is 41.3 Å². The molecule has 0 bridgehead atoms. The van der Waals surface area contributed by atoms with E-state index in [2.05, 4.69) is 0 Å². The molecule has 1 heterocycles. The third-order valence-electron chi connectivity index (χ3n) is 6.01. The number of nitrogens with zero attached hydrogens (tertiary/aromatic N) is 3. The van der Waals surface area contributed by atoms with E-state index in [9.17, 15) is 14.0 Å². The number of fused-ring (bicyclic) bond motifs is 1.